The Morgan fingerprint density at radius 1 is 0.710 bits per heavy atom. The molecule has 0 bridgehead atoms. The van der Waals surface area contributed by atoms with Gasteiger partial charge in [0.2, 0.25) is 0 Å². The van der Waals surface area contributed by atoms with Crippen molar-refractivity contribution >= 4 is 33.1 Å². The maximum absolute atomic E-state index is 13.0. The fourth-order valence-corrected chi connectivity index (χ4v) is 4.45. The molecule has 0 spiro atoms. The number of halogens is 1. The fraction of sp³-hybridized carbons (Fsp3) is 0. The molecule has 0 saturated heterocycles. The van der Waals surface area contributed by atoms with Crippen molar-refractivity contribution in [1.29, 1.82) is 0 Å². The lowest BCUT2D eigenvalue weighted by Crippen LogP contribution is -2.16. The van der Waals surface area contributed by atoms with Gasteiger partial charge in [0.1, 0.15) is 0 Å². The van der Waals surface area contributed by atoms with Crippen LogP contribution < -0.4 is 4.72 Å². The molecule has 4 aromatic rings. The molecule has 31 heavy (non-hydrogen) atoms. The Bertz CT molecular complexity index is 1320. The largest absolute Gasteiger partial charge is 0.289 e. The Labute approximate surface area is 186 Å². The van der Waals surface area contributed by atoms with Crippen molar-refractivity contribution in [1.82, 2.24) is 0 Å². The van der Waals surface area contributed by atoms with E-state index in [2.05, 4.69) is 4.72 Å². The van der Waals surface area contributed by atoms with Gasteiger partial charge in [-0.2, -0.15) is 0 Å². The van der Waals surface area contributed by atoms with Gasteiger partial charge in [-0.3, -0.25) is 9.52 Å². The number of ketones is 1. The van der Waals surface area contributed by atoms with Gasteiger partial charge in [0.05, 0.1) is 10.6 Å². The lowest BCUT2D eigenvalue weighted by molar-refractivity contribution is 0.103. The van der Waals surface area contributed by atoms with Crippen LogP contribution in [0.5, 0.6) is 0 Å². The van der Waals surface area contributed by atoms with E-state index < -0.39 is 10.0 Å². The zero-order chi connectivity index (χ0) is 21.8. The third-order valence-electron chi connectivity index (χ3n) is 4.78. The first-order valence-corrected chi connectivity index (χ1v) is 11.4. The maximum atomic E-state index is 13.0. The third-order valence-corrected chi connectivity index (χ3v) is 6.39. The molecule has 0 atom stereocenters. The molecular weight excluding hydrogens is 430 g/mol. The van der Waals surface area contributed by atoms with Crippen LogP contribution in [0.2, 0.25) is 5.02 Å². The number of sulfonamides is 1. The van der Waals surface area contributed by atoms with Crippen molar-refractivity contribution in [2.24, 2.45) is 0 Å². The molecule has 0 radical (unpaired) electrons. The first-order chi connectivity index (χ1) is 14.9. The molecule has 0 aliphatic carbocycles. The third kappa shape index (κ3) is 4.68. The SMILES string of the molecule is O=C(c1ccccc1)c1cc(Cl)ccc1NS(=O)(=O)c1ccc(-c2ccccc2)cc1. The molecule has 0 aromatic heterocycles. The Balaban J connectivity index is 1.65. The molecule has 0 aliphatic heterocycles. The van der Waals surface area contributed by atoms with Crippen LogP contribution in [0.3, 0.4) is 0 Å². The summed E-state index contributed by atoms with van der Waals surface area (Å²) in [5.41, 5.74) is 2.70. The minimum atomic E-state index is -3.91. The number of carbonyl (C=O) groups excluding carboxylic acids is 1. The lowest BCUT2D eigenvalue weighted by atomic mass is 10.0. The van der Waals surface area contributed by atoms with Crippen molar-refractivity contribution in [3.8, 4) is 11.1 Å². The minimum absolute atomic E-state index is 0.0974. The normalized spacial score (nSPS) is 11.1. The summed E-state index contributed by atoms with van der Waals surface area (Å²) in [4.78, 5) is 13.0. The van der Waals surface area contributed by atoms with Crippen LogP contribution in [0.4, 0.5) is 5.69 Å². The lowest BCUT2D eigenvalue weighted by Gasteiger charge is -2.13. The van der Waals surface area contributed by atoms with Gasteiger partial charge in [-0.25, -0.2) is 8.42 Å². The zero-order valence-electron chi connectivity index (χ0n) is 16.3. The minimum Gasteiger partial charge on any atom is -0.289 e. The van der Waals surface area contributed by atoms with E-state index in [0.29, 0.717) is 10.6 Å². The predicted molar refractivity (Wildman–Crippen MR) is 124 cm³/mol. The smallest absolute Gasteiger partial charge is 0.261 e. The first-order valence-electron chi connectivity index (χ1n) is 9.52. The van der Waals surface area contributed by atoms with Crippen LogP contribution in [0.1, 0.15) is 15.9 Å². The maximum Gasteiger partial charge on any atom is 0.261 e. The molecule has 0 unspecified atom stereocenters. The molecule has 154 valence electrons. The number of hydrogen-bond acceptors (Lipinski definition) is 3. The number of benzene rings is 4. The highest BCUT2D eigenvalue weighted by Crippen LogP contribution is 2.27. The molecule has 6 heteroatoms. The van der Waals surface area contributed by atoms with Gasteiger partial charge in [0.15, 0.2) is 5.78 Å². The number of anilines is 1. The van der Waals surface area contributed by atoms with Gasteiger partial charge in [-0.1, -0.05) is 84.4 Å². The summed E-state index contributed by atoms with van der Waals surface area (Å²) in [6.07, 6.45) is 0. The standard InChI is InChI=1S/C25H18ClNO3S/c26-21-13-16-24(23(17-21)25(28)20-9-5-2-6-10-20)27-31(29,30)22-14-11-19(12-15-22)18-7-3-1-4-8-18/h1-17,27H. The van der Waals surface area contributed by atoms with Crippen molar-refractivity contribution in [2.45, 2.75) is 4.90 Å². The highest BCUT2D eigenvalue weighted by Gasteiger charge is 2.20. The summed E-state index contributed by atoms with van der Waals surface area (Å²) < 4.78 is 28.5. The second-order valence-corrected chi connectivity index (χ2v) is 9.00. The van der Waals surface area contributed by atoms with Crippen molar-refractivity contribution in [3.05, 3.63) is 119 Å². The van der Waals surface area contributed by atoms with E-state index in [1.54, 1.807) is 60.7 Å². The van der Waals surface area contributed by atoms with Crippen LogP contribution in [0.25, 0.3) is 11.1 Å². The van der Waals surface area contributed by atoms with E-state index in [-0.39, 0.29) is 21.9 Å². The molecular formula is C25H18ClNO3S. The highest BCUT2D eigenvalue weighted by atomic mass is 35.5. The Morgan fingerprint density at radius 2 is 1.29 bits per heavy atom. The second kappa shape index (κ2) is 8.76. The quantitative estimate of drug-likeness (QED) is 0.366. The van der Waals surface area contributed by atoms with E-state index >= 15 is 0 Å². The van der Waals surface area contributed by atoms with Crippen LogP contribution in [0, 0.1) is 0 Å². The van der Waals surface area contributed by atoms with Crippen molar-refractivity contribution in [3.63, 3.8) is 0 Å². The monoisotopic (exact) mass is 447 g/mol. The van der Waals surface area contributed by atoms with E-state index in [4.69, 9.17) is 11.6 Å². The summed E-state index contributed by atoms with van der Waals surface area (Å²) >= 11 is 6.08. The average molecular weight is 448 g/mol. The van der Waals surface area contributed by atoms with Crippen LogP contribution in [-0.4, -0.2) is 14.2 Å². The van der Waals surface area contributed by atoms with Crippen molar-refractivity contribution in [2.75, 3.05) is 4.72 Å². The molecule has 0 amide bonds. The summed E-state index contributed by atoms with van der Waals surface area (Å²) in [5.74, 6) is -0.319. The zero-order valence-corrected chi connectivity index (χ0v) is 17.9. The summed E-state index contributed by atoms with van der Waals surface area (Å²) in [7, 11) is -3.91. The summed E-state index contributed by atoms with van der Waals surface area (Å²) in [5, 5.41) is 0.342. The molecule has 4 rings (SSSR count). The molecule has 1 N–H and O–H groups in total. The topological polar surface area (TPSA) is 63.2 Å². The first kappa shape index (κ1) is 20.8. The molecule has 0 saturated carbocycles. The molecule has 0 aliphatic rings. The average Bonchev–Trinajstić information content (AvgIpc) is 2.81. The molecule has 0 heterocycles. The van der Waals surface area contributed by atoms with Gasteiger partial charge in [-0.05, 0) is 41.5 Å². The summed E-state index contributed by atoms with van der Waals surface area (Å²) in [6, 6.07) is 29.4. The number of carbonyl (C=O) groups is 1. The number of nitrogens with one attached hydrogen (secondary N) is 1. The van der Waals surface area contributed by atoms with Gasteiger partial charge < -0.3 is 0 Å². The second-order valence-electron chi connectivity index (χ2n) is 6.88. The highest BCUT2D eigenvalue weighted by molar-refractivity contribution is 7.92. The Kier molecular flexibility index (Phi) is 5.89. The van der Waals surface area contributed by atoms with Crippen LogP contribution in [-0.2, 0) is 10.0 Å². The van der Waals surface area contributed by atoms with Crippen LogP contribution >= 0.6 is 11.6 Å². The van der Waals surface area contributed by atoms with Gasteiger partial charge >= 0.3 is 0 Å². The number of hydrogen-bond donors (Lipinski definition) is 1. The van der Waals surface area contributed by atoms with Gasteiger partial charge in [-0.15, -0.1) is 0 Å². The van der Waals surface area contributed by atoms with E-state index in [1.165, 1.54) is 12.1 Å². The van der Waals surface area contributed by atoms with E-state index in [9.17, 15) is 13.2 Å². The van der Waals surface area contributed by atoms with Gasteiger partial charge in [0.25, 0.3) is 10.0 Å². The fourth-order valence-electron chi connectivity index (χ4n) is 3.20. The summed E-state index contributed by atoms with van der Waals surface area (Å²) in [6.45, 7) is 0. The van der Waals surface area contributed by atoms with E-state index in [1.807, 2.05) is 30.3 Å². The Hall–Kier alpha value is -3.41. The molecule has 4 aromatic carbocycles. The van der Waals surface area contributed by atoms with E-state index in [0.717, 1.165) is 11.1 Å². The molecule has 0 fully saturated rings. The molecule has 4 nitrogen and oxygen atoms in total. The number of rotatable bonds is 6. The van der Waals surface area contributed by atoms with Gasteiger partial charge in [0, 0.05) is 16.1 Å². The Morgan fingerprint density at radius 3 is 1.94 bits per heavy atom. The van der Waals surface area contributed by atoms with Crippen LogP contribution in [0.15, 0.2) is 108 Å². The van der Waals surface area contributed by atoms with Crippen molar-refractivity contribution < 1.29 is 13.2 Å². The predicted octanol–water partition coefficient (Wildman–Crippen LogP) is 6.04.